The lowest BCUT2D eigenvalue weighted by Crippen LogP contribution is -2.07. The van der Waals surface area contributed by atoms with Gasteiger partial charge in [-0.15, -0.1) is 0 Å². The second-order valence-electron chi connectivity index (χ2n) is 4.59. The molecule has 0 unspecified atom stereocenters. The van der Waals surface area contributed by atoms with Gasteiger partial charge in [0.2, 0.25) is 0 Å². The van der Waals surface area contributed by atoms with E-state index in [2.05, 4.69) is 15.1 Å². The number of aromatic carboxylic acids is 1. The number of hydrogen-bond donors (Lipinski definition) is 2. The standard InChI is InChI=1S/C14H14N4O2/c1-3-18-13(14(19)20)7-11(17-18)9-4-5-10-12(6-9)16-8(2)15-10/h4-7H,3H2,1-2H3,(H,15,16)(H,19,20). The zero-order valence-corrected chi connectivity index (χ0v) is 11.2. The molecule has 20 heavy (non-hydrogen) atoms. The van der Waals surface area contributed by atoms with E-state index in [1.54, 1.807) is 6.07 Å². The number of nitrogens with zero attached hydrogens (tertiary/aromatic N) is 3. The Kier molecular flexibility index (Phi) is 2.78. The number of aromatic nitrogens is 4. The van der Waals surface area contributed by atoms with Crippen LogP contribution in [-0.2, 0) is 6.54 Å². The lowest BCUT2D eigenvalue weighted by molar-refractivity contribution is 0.0683. The molecule has 102 valence electrons. The number of imidazole rings is 1. The van der Waals surface area contributed by atoms with Gasteiger partial charge in [0.05, 0.1) is 16.7 Å². The number of carboxylic acid groups (broad SMARTS) is 1. The molecule has 3 aromatic rings. The van der Waals surface area contributed by atoms with E-state index in [9.17, 15) is 4.79 Å². The molecular weight excluding hydrogens is 256 g/mol. The van der Waals surface area contributed by atoms with Gasteiger partial charge in [-0.25, -0.2) is 9.78 Å². The number of aryl methyl sites for hydroxylation is 2. The van der Waals surface area contributed by atoms with Gasteiger partial charge in [-0.2, -0.15) is 5.10 Å². The Labute approximate surface area is 115 Å². The predicted octanol–water partition coefficient (Wildman–Crippen LogP) is 2.45. The van der Waals surface area contributed by atoms with E-state index in [1.165, 1.54) is 4.68 Å². The van der Waals surface area contributed by atoms with Crippen molar-refractivity contribution in [1.29, 1.82) is 0 Å². The molecule has 3 rings (SSSR count). The van der Waals surface area contributed by atoms with Crippen molar-refractivity contribution in [1.82, 2.24) is 19.7 Å². The van der Waals surface area contributed by atoms with Crippen molar-refractivity contribution in [3.8, 4) is 11.3 Å². The van der Waals surface area contributed by atoms with Crippen LogP contribution in [0.4, 0.5) is 0 Å². The Bertz CT molecular complexity index is 801. The molecule has 0 aliphatic heterocycles. The van der Waals surface area contributed by atoms with Gasteiger partial charge in [0.1, 0.15) is 11.5 Å². The molecule has 2 aromatic heterocycles. The largest absolute Gasteiger partial charge is 0.477 e. The van der Waals surface area contributed by atoms with Crippen molar-refractivity contribution in [3.63, 3.8) is 0 Å². The Morgan fingerprint density at radius 1 is 1.40 bits per heavy atom. The lowest BCUT2D eigenvalue weighted by atomic mass is 10.1. The van der Waals surface area contributed by atoms with Crippen LogP contribution >= 0.6 is 0 Å². The molecule has 0 amide bonds. The summed E-state index contributed by atoms with van der Waals surface area (Å²) in [6.45, 7) is 4.28. The van der Waals surface area contributed by atoms with Gasteiger partial charge < -0.3 is 10.1 Å². The summed E-state index contributed by atoms with van der Waals surface area (Å²) in [4.78, 5) is 18.7. The predicted molar refractivity (Wildman–Crippen MR) is 74.7 cm³/mol. The van der Waals surface area contributed by atoms with E-state index in [1.807, 2.05) is 32.0 Å². The molecule has 0 fully saturated rings. The van der Waals surface area contributed by atoms with Crippen molar-refractivity contribution in [2.24, 2.45) is 0 Å². The monoisotopic (exact) mass is 270 g/mol. The van der Waals surface area contributed by atoms with Gasteiger partial charge in [0, 0.05) is 12.1 Å². The molecule has 2 heterocycles. The number of fused-ring (bicyclic) bond motifs is 1. The summed E-state index contributed by atoms with van der Waals surface area (Å²) >= 11 is 0. The second kappa shape index (κ2) is 4.48. The van der Waals surface area contributed by atoms with E-state index >= 15 is 0 Å². The third-order valence-corrected chi connectivity index (χ3v) is 3.19. The Morgan fingerprint density at radius 3 is 2.85 bits per heavy atom. The molecule has 2 N–H and O–H groups in total. The van der Waals surface area contributed by atoms with Gasteiger partial charge in [-0.1, -0.05) is 6.07 Å². The SMILES string of the molecule is CCn1nc(-c2ccc3nc(C)[nH]c3c2)cc1C(=O)O. The van der Waals surface area contributed by atoms with Gasteiger partial charge in [-0.3, -0.25) is 4.68 Å². The van der Waals surface area contributed by atoms with Crippen LogP contribution in [-0.4, -0.2) is 30.8 Å². The van der Waals surface area contributed by atoms with E-state index in [0.29, 0.717) is 12.2 Å². The third-order valence-electron chi connectivity index (χ3n) is 3.19. The first-order chi connectivity index (χ1) is 9.58. The van der Waals surface area contributed by atoms with E-state index in [4.69, 9.17) is 5.11 Å². The minimum Gasteiger partial charge on any atom is -0.477 e. The highest BCUT2D eigenvalue weighted by molar-refractivity contribution is 5.88. The normalized spacial score (nSPS) is 11.1. The maximum Gasteiger partial charge on any atom is 0.354 e. The van der Waals surface area contributed by atoms with Gasteiger partial charge in [-0.05, 0) is 32.0 Å². The number of benzene rings is 1. The third kappa shape index (κ3) is 1.95. The van der Waals surface area contributed by atoms with Crippen LogP contribution in [0.15, 0.2) is 24.3 Å². The fourth-order valence-electron chi connectivity index (χ4n) is 2.27. The Morgan fingerprint density at radius 2 is 2.20 bits per heavy atom. The Hall–Kier alpha value is -2.63. The number of aromatic amines is 1. The summed E-state index contributed by atoms with van der Waals surface area (Å²) in [6, 6.07) is 7.33. The molecule has 0 atom stereocenters. The molecule has 6 nitrogen and oxygen atoms in total. The highest BCUT2D eigenvalue weighted by Gasteiger charge is 2.14. The quantitative estimate of drug-likeness (QED) is 0.765. The second-order valence-corrected chi connectivity index (χ2v) is 4.59. The van der Waals surface area contributed by atoms with Crippen LogP contribution in [0.5, 0.6) is 0 Å². The van der Waals surface area contributed by atoms with Crippen molar-refractivity contribution in [2.75, 3.05) is 0 Å². The van der Waals surface area contributed by atoms with E-state index < -0.39 is 5.97 Å². The molecule has 0 bridgehead atoms. The minimum atomic E-state index is -0.968. The van der Waals surface area contributed by atoms with Gasteiger partial charge >= 0.3 is 5.97 Å². The molecule has 0 saturated carbocycles. The number of nitrogens with one attached hydrogen (secondary N) is 1. The fraction of sp³-hybridized carbons (Fsp3) is 0.214. The highest BCUT2D eigenvalue weighted by atomic mass is 16.4. The van der Waals surface area contributed by atoms with Gasteiger partial charge in [0.15, 0.2) is 0 Å². The molecule has 0 spiro atoms. The van der Waals surface area contributed by atoms with Crippen molar-refractivity contribution in [2.45, 2.75) is 20.4 Å². The smallest absolute Gasteiger partial charge is 0.354 e. The first-order valence-electron chi connectivity index (χ1n) is 6.36. The number of carboxylic acids is 1. The van der Waals surface area contributed by atoms with Crippen LogP contribution in [0.3, 0.4) is 0 Å². The van der Waals surface area contributed by atoms with Crippen LogP contribution in [0.25, 0.3) is 22.3 Å². The lowest BCUT2D eigenvalue weighted by Gasteiger charge is -1.98. The van der Waals surface area contributed by atoms with Gasteiger partial charge in [0.25, 0.3) is 0 Å². The topological polar surface area (TPSA) is 83.8 Å². The summed E-state index contributed by atoms with van der Waals surface area (Å²) in [5.74, 6) is -0.119. The first kappa shape index (κ1) is 12.4. The van der Waals surface area contributed by atoms with Crippen molar-refractivity contribution >= 4 is 17.0 Å². The van der Waals surface area contributed by atoms with Crippen molar-refractivity contribution < 1.29 is 9.90 Å². The molecule has 0 radical (unpaired) electrons. The summed E-state index contributed by atoms with van der Waals surface area (Å²) in [5, 5.41) is 13.5. The molecule has 0 saturated heterocycles. The minimum absolute atomic E-state index is 0.198. The van der Waals surface area contributed by atoms with Crippen LogP contribution in [0.1, 0.15) is 23.2 Å². The van der Waals surface area contributed by atoms with Crippen LogP contribution in [0, 0.1) is 6.92 Å². The first-order valence-corrected chi connectivity index (χ1v) is 6.36. The molecule has 6 heteroatoms. The zero-order chi connectivity index (χ0) is 14.3. The Balaban J connectivity index is 2.12. The summed E-state index contributed by atoms with van der Waals surface area (Å²) < 4.78 is 1.49. The molecule has 0 aliphatic rings. The average Bonchev–Trinajstić information content (AvgIpc) is 2.99. The number of carbonyl (C=O) groups is 1. The maximum absolute atomic E-state index is 11.2. The fourth-order valence-corrected chi connectivity index (χ4v) is 2.27. The average molecular weight is 270 g/mol. The summed E-state index contributed by atoms with van der Waals surface area (Å²) in [6.07, 6.45) is 0. The van der Waals surface area contributed by atoms with E-state index in [-0.39, 0.29) is 5.69 Å². The number of hydrogen-bond acceptors (Lipinski definition) is 3. The summed E-state index contributed by atoms with van der Waals surface area (Å²) in [7, 11) is 0. The molecule has 1 aromatic carbocycles. The zero-order valence-electron chi connectivity index (χ0n) is 11.2. The van der Waals surface area contributed by atoms with Crippen LogP contribution in [0.2, 0.25) is 0 Å². The number of rotatable bonds is 3. The van der Waals surface area contributed by atoms with Crippen LogP contribution < -0.4 is 0 Å². The van der Waals surface area contributed by atoms with E-state index in [0.717, 1.165) is 22.4 Å². The highest BCUT2D eigenvalue weighted by Crippen LogP contribution is 2.23. The molecular formula is C14H14N4O2. The summed E-state index contributed by atoms with van der Waals surface area (Å²) in [5.41, 5.74) is 3.53. The number of H-pyrrole nitrogens is 1. The van der Waals surface area contributed by atoms with Crippen molar-refractivity contribution in [3.05, 3.63) is 35.8 Å². The molecule has 0 aliphatic carbocycles. The maximum atomic E-state index is 11.2.